The largest absolute Gasteiger partial charge is 0.374 e. The highest BCUT2D eigenvalue weighted by molar-refractivity contribution is 14.0. The predicted molar refractivity (Wildman–Crippen MR) is 119 cm³/mol. The molecule has 1 aliphatic heterocycles. The van der Waals surface area contributed by atoms with E-state index in [-0.39, 0.29) is 30.1 Å². The lowest BCUT2D eigenvalue weighted by Gasteiger charge is -2.33. The first-order chi connectivity index (χ1) is 12.0. The second kappa shape index (κ2) is 11.8. The van der Waals surface area contributed by atoms with Gasteiger partial charge < -0.3 is 19.5 Å². The van der Waals surface area contributed by atoms with Gasteiger partial charge in [-0.3, -0.25) is 9.89 Å². The molecule has 0 aromatic carbocycles. The van der Waals surface area contributed by atoms with E-state index < -0.39 is 0 Å². The lowest BCUT2D eigenvalue weighted by molar-refractivity contribution is -0.0262. The highest BCUT2D eigenvalue weighted by atomic mass is 127. The van der Waals surface area contributed by atoms with Gasteiger partial charge in [-0.05, 0) is 25.0 Å². The van der Waals surface area contributed by atoms with Gasteiger partial charge in [-0.2, -0.15) is 0 Å². The van der Waals surface area contributed by atoms with Crippen LogP contribution in [-0.4, -0.2) is 72.8 Å². The average Bonchev–Trinajstić information content (AvgIpc) is 2.96. The summed E-state index contributed by atoms with van der Waals surface area (Å²) in [6.07, 6.45) is 2.26. The Bertz CT molecular complexity index is 546. The fourth-order valence-electron chi connectivity index (χ4n) is 3.21. The highest BCUT2D eigenvalue weighted by Crippen LogP contribution is 2.09. The van der Waals surface area contributed by atoms with Crippen LogP contribution in [0.15, 0.2) is 23.3 Å². The number of morpholine rings is 1. The minimum absolute atomic E-state index is 0. The molecule has 1 unspecified atom stereocenters. The first kappa shape index (κ1) is 23.2. The van der Waals surface area contributed by atoms with Crippen LogP contribution in [0.3, 0.4) is 0 Å². The lowest BCUT2D eigenvalue weighted by Crippen LogP contribution is -2.46. The van der Waals surface area contributed by atoms with Crippen LogP contribution in [0.5, 0.6) is 0 Å². The molecule has 0 bridgehead atoms. The molecule has 1 saturated heterocycles. The molecule has 1 atom stereocenters. The Hall–Kier alpha value is -0.800. The number of aryl methyl sites for hydroxylation is 1. The maximum atomic E-state index is 5.92. The fourth-order valence-corrected chi connectivity index (χ4v) is 3.21. The highest BCUT2D eigenvalue weighted by Gasteiger charge is 2.21. The summed E-state index contributed by atoms with van der Waals surface area (Å²) in [5.41, 5.74) is 1.27. The lowest BCUT2D eigenvalue weighted by atomic mass is 10.2. The quantitative estimate of drug-likeness (QED) is 0.372. The van der Waals surface area contributed by atoms with Crippen molar-refractivity contribution in [2.75, 3.05) is 46.4 Å². The van der Waals surface area contributed by atoms with Crippen LogP contribution < -0.4 is 5.32 Å². The summed E-state index contributed by atoms with van der Waals surface area (Å²) in [6.45, 7) is 13.0. The van der Waals surface area contributed by atoms with Crippen LogP contribution >= 0.6 is 24.0 Å². The second-order valence-electron chi connectivity index (χ2n) is 7.31. The molecule has 0 saturated carbocycles. The number of rotatable bonds is 7. The van der Waals surface area contributed by atoms with Gasteiger partial charge >= 0.3 is 0 Å². The summed E-state index contributed by atoms with van der Waals surface area (Å²) in [5, 5.41) is 3.39. The van der Waals surface area contributed by atoms with Crippen molar-refractivity contribution < 1.29 is 4.74 Å². The molecular weight excluding hydrogens is 441 g/mol. The van der Waals surface area contributed by atoms with Gasteiger partial charge in [0.15, 0.2) is 5.96 Å². The molecule has 1 aliphatic rings. The van der Waals surface area contributed by atoms with Crippen LogP contribution in [-0.2, 0) is 18.3 Å². The molecule has 6 nitrogen and oxygen atoms in total. The van der Waals surface area contributed by atoms with Gasteiger partial charge in [0.05, 0.1) is 25.8 Å². The number of aliphatic imine (C=N–C) groups is 1. The monoisotopic (exact) mass is 477 g/mol. The van der Waals surface area contributed by atoms with Gasteiger partial charge in [0, 0.05) is 52.2 Å². The van der Waals surface area contributed by atoms with E-state index in [2.05, 4.69) is 72.9 Å². The Labute approximate surface area is 176 Å². The van der Waals surface area contributed by atoms with E-state index in [0.717, 1.165) is 45.3 Å². The molecule has 0 radical (unpaired) electrons. The zero-order valence-corrected chi connectivity index (χ0v) is 19.3. The Morgan fingerprint density at radius 2 is 2.23 bits per heavy atom. The summed E-state index contributed by atoms with van der Waals surface area (Å²) in [5.74, 6) is 1.63. The van der Waals surface area contributed by atoms with Crippen molar-refractivity contribution in [1.82, 2.24) is 19.7 Å². The van der Waals surface area contributed by atoms with Crippen LogP contribution in [0, 0.1) is 5.92 Å². The van der Waals surface area contributed by atoms with Gasteiger partial charge in [0.1, 0.15) is 0 Å². The minimum Gasteiger partial charge on any atom is -0.374 e. The van der Waals surface area contributed by atoms with E-state index in [1.807, 2.05) is 0 Å². The number of nitrogens with one attached hydrogen (secondary N) is 1. The van der Waals surface area contributed by atoms with Gasteiger partial charge in [0.25, 0.3) is 0 Å². The summed E-state index contributed by atoms with van der Waals surface area (Å²) in [7, 11) is 4.16. The maximum Gasteiger partial charge on any atom is 0.194 e. The van der Waals surface area contributed by atoms with E-state index in [1.54, 1.807) is 0 Å². The molecule has 1 aromatic rings. The number of hydrogen-bond acceptors (Lipinski definition) is 3. The van der Waals surface area contributed by atoms with Crippen molar-refractivity contribution >= 4 is 29.9 Å². The normalized spacial score (nSPS) is 18.7. The van der Waals surface area contributed by atoms with Crippen LogP contribution in [0.25, 0.3) is 0 Å². The third-order valence-electron chi connectivity index (χ3n) is 4.44. The van der Waals surface area contributed by atoms with E-state index in [0.29, 0.717) is 12.5 Å². The number of guanidine groups is 1. The van der Waals surface area contributed by atoms with Gasteiger partial charge in [-0.15, -0.1) is 24.0 Å². The Kier molecular flexibility index (Phi) is 10.6. The molecule has 7 heteroatoms. The third-order valence-corrected chi connectivity index (χ3v) is 4.44. The molecule has 26 heavy (non-hydrogen) atoms. The Balaban J connectivity index is 0.00000338. The van der Waals surface area contributed by atoms with Crippen molar-refractivity contribution in [3.05, 3.63) is 24.0 Å². The fraction of sp³-hybridized carbons (Fsp3) is 0.737. The molecule has 0 spiro atoms. The van der Waals surface area contributed by atoms with E-state index in [9.17, 15) is 0 Å². The van der Waals surface area contributed by atoms with E-state index in [4.69, 9.17) is 9.73 Å². The van der Waals surface area contributed by atoms with Gasteiger partial charge in [-0.1, -0.05) is 13.8 Å². The van der Waals surface area contributed by atoms with E-state index >= 15 is 0 Å². The molecule has 1 N–H and O–H groups in total. The Morgan fingerprint density at radius 3 is 2.85 bits per heavy atom. The number of halogens is 1. The molecule has 150 valence electrons. The molecule has 1 fully saturated rings. The predicted octanol–water partition coefficient (Wildman–Crippen LogP) is 2.40. The molecule has 0 amide bonds. The third kappa shape index (κ3) is 7.44. The van der Waals surface area contributed by atoms with Gasteiger partial charge in [-0.25, -0.2) is 0 Å². The number of ether oxygens (including phenoxy) is 1. The standard InChI is InChI=1S/C19H35N5O.HI/c1-6-20-19(23(5)14-17-8-7-9-22(17)4)21-12-18-15-24(10-11-25-18)13-16(2)3;/h7-9,16,18H,6,10-15H2,1-5H3,(H,20,21);1H. The number of hydrogen-bond donors (Lipinski definition) is 1. The average molecular weight is 477 g/mol. The number of aromatic nitrogens is 1. The van der Waals surface area contributed by atoms with Crippen LogP contribution in [0.4, 0.5) is 0 Å². The molecule has 2 rings (SSSR count). The van der Waals surface area contributed by atoms with E-state index in [1.165, 1.54) is 5.69 Å². The van der Waals surface area contributed by atoms with Gasteiger partial charge in [0.2, 0.25) is 0 Å². The van der Waals surface area contributed by atoms with Crippen molar-refractivity contribution in [3.63, 3.8) is 0 Å². The summed E-state index contributed by atoms with van der Waals surface area (Å²) >= 11 is 0. The van der Waals surface area contributed by atoms with Crippen molar-refractivity contribution in [2.24, 2.45) is 18.0 Å². The topological polar surface area (TPSA) is 45.0 Å². The molecular formula is C19H36IN5O. The Morgan fingerprint density at radius 1 is 1.46 bits per heavy atom. The zero-order chi connectivity index (χ0) is 18.2. The smallest absolute Gasteiger partial charge is 0.194 e. The summed E-state index contributed by atoms with van der Waals surface area (Å²) < 4.78 is 8.07. The minimum atomic E-state index is 0. The van der Waals surface area contributed by atoms with Crippen molar-refractivity contribution in [3.8, 4) is 0 Å². The first-order valence-corrected chi connectivity index (χ1v) is 9.43. The second-order valence-corrected chi connectivity index (χ2v) is 7.31. The first-order valence-electron chi connectivity index (χ1n) is 9.43. The van der Waals surface area contributed by atoms with Crippen LogP contribution in [0.1, 0.15) is 26.5 Å². The van der Waals surface area contributed by atoms with Crippen LogP contribution in [0.2, 0.25) is 0 Å². The zero-order valence-electron chi connectivity index (χ0n) is 16.9. The maximum absolute atomic E-state index is 5.92. The van der Waals surface area contributed by atoms with Crippen molar-refractivity contribution in [1.29, 1.82) is 0 Å². The number of nitrogens with zero attached hydrogens (tertiary/aromatic N) is 4. The SMILES string of the molecule is CCNC(=NCC1CN(CC(C)C)CCO1)N(C)Cc1cccn1C.I. The van der Waals surface area contributed by atoms with Crippen molar-refractivity contribution in [2.45, 2.75) is 33.4 Å². The molecule has 0 aliphatic carbocycles. The summed E-state index contributed by atoms with van der Waals surface area (Å²) in [6, 6.07) is 4.22. The molecule has 1 aromatic heterocycles. The molecule has 2 heterocycles. The summed E-state index contributed by atoms with van der Waals surface area (Å²) in [4.78, 5) is 9.50.